The molecular formula is C16H25NO2. The number of benzene rings is 1. The molecule has 19 heavy (non-hydrogen) atoms. The van der Waals surface area contributed by atoms with Gasteiger partial charge in [0, 0.05) is 6.04 Å². The minimum atomic E-state index is 0.361. The van der Waals surface area contributed by atoms with Crippen LogP contribution in [0.1, 0.15) is 44.7 Å². The molecule has 1 aliphatic carbocycles. The molecule has 0 radical (unpaired) electrons. The van der Waals surface area contributed by atoms with E-state index in [2.05, 4.69) is 31.3 Å². The van der Waals surface area contributed by atoms with Crippen molar-refractivity contribution in [3.8, 4) is 5.75 Å². The SMILES string of the molecule is CCNC(CC)c1ccc(OCOCC2CC2)cc1. The molecule has 3 nitrogen and oxygen atoms in total. The van der Waals surface area contributed by atoms with Gasteiger partial charge in [0.05, 0.1) is 6.61 Å². The Balaban J connectivity index is 1.75. The molecule has 0 spiro atoms. The first-order chi connectivity index (χ1) is 9.33. The molecule has 1 aliphatic rings. The van der Waals surface area contributed by atoms with Crippen molar-refractivity contribution in [2.45, 2.75) is 39.2 Å². The van der Waals surface area contributed by atoms with E-state index in [9.17, 15) is 0 Å². The predicted octanol–water partition coefficient (Wildman–Crippen LogP) is 3.51. The van der Waals surface area contributed by atoms with Crippen LogP contribution in [0.2, 0.25) is 0 Å². The van der Waals surface area contributed by atoms with E-state index < -0.39 is 0 Å². The number of nitrogens with one attached hydrogen (secondary N) is 1. The molecule has 0 heterocycles. The molecule has 1 atom stereocenters. The topological polar surface area (TPSA) is 30.5 Å². The standard InChI is InChI=1S/C16H25NO2/c1-3-16(17-4-2)14-7-9-15(10-8-14)19-12-18-11-13-5-6-13/h7-10,13,16-17H,3-6,11-12H2,1-2H3. The van der Waals surface area contributed by atoms with Crippen molar-refractivity contribution in [3.05, 3.63) is 29.8 Å². The van der Waals surface area contributed by atoms with E-state index in [-0.39, 0.29) is 0 Å². The van der Waals surface area contributed by atoms with E-state index in [1.165, 1.54) is 18.4 Å². The molecule has 1 fully saturated rings. The molecule has 1 N–H and O–H groups in total. The number of ether oxygens (including phenoxy) is 2. The third kappa shape index (κ3) is 4.84. The van der Waals surface area contributed by atoms with Gasteiger partial charge in [-0.1, -0.05) is 26.0 Å². The fourth-order valence-corrected chi connectivity index (χ4v) is 2.15. The second kappa shape index (κ2) is 7.51. The largest absolute Gasteiger partial charge is 0.468 e. The van der Waals surface area contributed by atoms with Crippen molar-refractivity contribution >= 4 is 0 Å². The van der Waals surface area contributed by atoms with Gasteiger partial charge in [-0.25, -0.2) is 0 Å². The molecule has 0 aromatic heterocycles. The second-order valence-electron chi connectivity index (χ2n) is 5.16. The third-order valence-corrected chi connectivity index (χ3v) is 3.50. The van der Waals surface area contributed by atoms with Gasteiger partial charge in [-0.2, -0.15) is 0 Å². The van der Waals surface area contributed by atoms with Crippen LogP contribution in [0.3, 0.4) is 0 Å². The highest BCUT2D eigenvalue weighted by atomic mass is 16.7. The Morgan fingerprint density at radius 1 is 1.21 bits per heavy atom. The molecular weight excluding hydrogens is 238 g/mol. The maximum Gasteiger partial charge on any atom is 0.189 e. The van der Waals surface area contributed by atoms with Gasteiger partial charge < -0.3 is 14.8 Å². The Bertz CT molecular complexity index is 360. The summed E-state index contributed by atoms with van der Waals surface area (Å²) in [5.41, 5.74) is 1.32. The van der Waals surface area contributed by atoms with Crippen LogP contribution in [-0.2, 0) is 4.74 Å². The molecule has 2 rings (SSSR count). The Morgan fingerprint density at radius 3 is 2.53 bits per heavy atom. The maximum atomic E-state index is 5.57. The van der Waals surface area contributed by atoms with Crippen LogP contribution in [0.25, 0.3) is 0 Å². The number of hydrogen-bond donors (Lipinski definition) is 1. The summed E-state index contributed by atoms with van der Waals surface area (Å²) in [4.78, 5) is 0. The van der Waals surface area contributed by atoms with E-state index in [1.54, 1.807) is 0 Å². The van der Waals surface area contributed by atoms with Crippen LogP contribution in [0.15, 0.2) is 24.3 Å². The van der Waals surface area contributed by atoms with Crippen molar-refractivity contribution in [2.75, 3.05) is 19.9 Å². The summed E-state index contributed by atoms with van der Waals surface area (Å²) < 4.78 is 11.0. The van der Waals surface area contributed by atoms with E-state index >= 15 is 0 Å². The molecule has 1 aromatic rings. The van der Waals surface area contributed by atoms with Gasteiger partial charge in [0.25, 0.3) is 0 Å². The third-order valence-electron chi connectivity index (χ3n) is 3.50. The normalized spacial score (nSPS) is 16.3. The Morgan fingerprint density at radius 2 is 1.95 bits per heavy atom. The predicted molar refractivity (Wildman–Crippen MR) is 77.3 cm³/mol. The zero-order valence-corrected chi connectivity index (χ0v) is 12.0. The first-order valence-corrected chi connectivity index (χ1v) is 7.37. The van der Waals surface area contributed by atoms with Gasteiger partial charge in [0.15, 0.2) is 6.79 Å². The summed E-state index contributed by atoms with van der Waals surface area (Å²) >= 11 is 0. The number of hydrogen-bond acceptors (Lipinski definition) is 3. The Labute approximate surface area is 116 Å². The zero-order chi connectivity index (χ0) is 13.5. The quantitative estimate of drug-likeness (QED) is 0.546. The summed E-state index contributed by atoms with van der Waals surface area (Å²) in [6, 6.07) is 8.75. The lowest BCUT2D eigenvalue weighted by atomic mass is 10.0. The van der Waals surface area contributed by atoms with E-state index in [0.717, 1.165) is 31.2 Å². The van der Waals surface area contributed by atoms with Crippen LogP contribution < -0.4 is 10.1 Å². The summed E-state index contributed by atoms with van der Waals surface area (Å²) in [7, 11) is 0. The summed E-state index contributed by atoms with van der Waals surface area (Å²) in [5.74, 6) is 1.67. The van der Waals surface area contributed by atoms with Crippen molar-refractivity contribution in [2.24, 2.45) is 5.92 Å². The summed E-state index contributed by atoms with van der Waals surface area (Å²) in [6.07, 6.45) is 3.73. The van der Waals surface area contributed by atoms with Crippen molar-refractivity contribution in [1.29, 1.82) is 0 Å². The first kappa shape index (κ1) is 14.4. The lowest BCUT2D eigenvalue weighted by Crippen LogP contribution is -2.19. The highest BCUT2D eigenvalue weighted by Gasteiger charge is 2.21. The van der Waals surface area contributed by atoms with Crippen molar-refractivity contribution in [1.82, 2.24) is 5.32 Å². The summed E-state index contributed by atoms with van der Waals surface area (Å²) in [5, 5.41) is 3.47. The van der Waals surface area contributed by atoms with Crippen molar-refractivity contribution in [3.63, 3.8) is 0 Å². The molecule has 1 saturated carbocycles. The van der Waals surface area contributed by atoms with E-state index in [1.807, 2.05) is 12.1 Å². The van der Waals surface area contributed by atoms with E-state index in [4.69, 9.17) is 9.47 Å². The average Bonchev–Trinajstić information content (AvgIpc) is 3.26. The smallest absolute Gasteiger partial charge is 0.189 e. The maximum absolute atomic E-state index is 5.57. The van der Waals surface area contributed by atoms with Gasteiger partial charge in [-0.15, -0.1) is 0 Å². The van der Waals surface area contributed by atoms with E-state index in [0.29, 0.717) is 12.8 Å². The highest BCUT2D eigenvalue weighted by molar-refractivity contribution is 5.29. The van der Waals surface area contributed by atoms with Crippen LogP contribution in [0, 0.1) is 5.92 Å². The van der Waals surface area contributed by atoms with Crippen LogP contribution in [0.5, 0.6) is 5.75 Å². The molecule has 1 aromatic carbocycles. The average molecular weight is 263 g/mol. The van der Waals surface area contributed by atoms with Gasteiger partial charge in [-0.3, -0.25) is 0 Å². The minimum Gasteiger partial charge on any atom is -0.468 e. The summed E-state index contributed by atoms with van der Waals surface area (Å²) in [6.45, 7) is 6.53. The molecule has 0 amide bonds. The molecule has 0 aliphatic heterocycles. The van der Waals surface area contributed by atoms with Crippen LogP contribution in [-0.4, -0.2) is 19.9 Å². The second-order valence-corrected chi connectivity index (χ2v) is 5.16. The Kier molecular flexibility index (Phi) is 5.67. The lowest BCUT2D eigenvalue weighted by molar-refractivity contribution is 0.00997. The van der Waals surface area contributed by atoms with Crippen molar-refractivity contribution < 1.29 is 9.47 Å². The monoisotopic (exact) mass is 263 g/mol. The first-order valence-electron chi connectivity index (χ1n) is 7.37. The molecule has 106 valence electrons. The lowest BCUT2D eigenvalue weighted by Gasteiger charge is -2.16. The molecule has 0 bridgehead atoms. The Hall–Kier alpha value is -1.06. The highest BCUT2D eigenvalue weighted by Crippen LogP contribution is 2.28. The number of rotatable bonds is 9. The van der Waals surface area contributed by atoms with Gasteiger partial charge >= 0.3 is 0 Å². The van der Waals surface area contributed by atoms with Gasteiger partial charge in [0.1, 0.15) is 5.75 Å². The molecule has 1 unspecified atom stereocenters. The van der Waals surface area contributed by atoms with Crippen LogP contribution in [0.4, 0.5) is 0 Å². The minimum absolute atomic E-state index is 0.361. The molecule has 3 heteroatoms. The fourth-order valence-electron chi connectivity index (χ4n) is 2.15. The zero-order valence-electron chi connectivity index (χ0n) is 12.0. The molecule has 0 saturated heterocycles. The van der Waals surface area contributed by atoms with Gasteiger partial charge in [-0.05, 0) is 49.4 Å². The van der Waals surface area contributed by atoms with Crippen LogP contribution >= 0.6 is 0 Å². The van der Waals surface area contributed by atoms with Gasteiger partial charge in [0.2, 0.25) is 0 Å². The fraction of sp³-hybridized carbons (Fsp3) is 0.625.